The normalized spacial score (nSPS) is 12.3. The number of benzene rings is 1. The van der Waals surface area contributed by atoms with Crippen LogP contribution in [-0.4, -0.2) is 29.3 Å². The molecule has 0 saturated carbocycles. The number of aliphatic hydroxyl groups is 1. The number of nitrogens with one attached hydrogen (secondary N) is 1. The van der Waals surface area contributed by atoms with E-state index in [4.69, 9.17) is 4.74 Å². The minimum Gasteiger partial charge on any atom is -0.490 e. The third-order valence-electron chi connectivity index (χ3n) is 2.68. The Morgan fingerprint density at radius 3 is 3.05 bits per heavy atom. The molecular weight excluding hydrogens is 340 g/mol. The van der Waals surface area contributed by atoms with Crippen molar-refractivity contribution >= 4 is 27.3 Å². The van der Waals surface area contributed by atoms with E-state index < -0.39 is 6.10 Å². The van der Waals surface area contributed by atoms with Crippen molar-refractivity contribution in [3.05, 3.63) is 44.8 Å². The molecule has 2 N–H and O–H groups in total. The van der Waals surface area contributed by atoms with E-state index in [0.29, 0.717) is 6.54 Å². The van der Waals surface area contributed by atoms with Crippen LogP contribution in [0.2, 0.25) is 0 Å². The van der Waals surface area contributed by atoms with E-state index in [-0.39, 0.29) is 6.61 Å². The third-order valence-corrected chi connectivity index (χ3v) is 4.08. The molecule has 1 atom stereocenters. The second-order valence-electron chi connectivity index (χ2n) is 4.50. The van der Waals surface area contributed by atoms with Gasteiger partial charge in [0.2, 0.25) is 0 Å². The van der Waals surface area contributed by atoms with Crippen LogP contribution in [0.4, 0.5) is 0 Å². The Kier molecular flexibility index (Phi) is 5.97. The molecule has 108 valence electrons. The second kappa shape index (κ2) is 7.73. The van der Waals surface area contributed by atoms with Crippen LogP contribution >= 0.6 is 27.3 Å². The van der Waals surface area contributed by atoms with Gasteiger partial charge in [0.15, 0.2) is 0 Å². The Labute approximate surface area is 130 Å². The van der Waals surface area contributed by atoms with Crippen LogP contribution in [0.3, 0.4) is 0 Å². The first-order chi connectivity index (χ1) is 9.65. The maximum atomic E-state index is 9.87. The van der Waals surface area contributed by atoms with Gasteiger partial charge >= 0.3 is 0 Å². The third kappa shape index (κ3) is 4.86. The summed E-state index contributed by atoms with van der Waals surface area (Å²) in [6.07, 6.45) is 1.28. The Morgan fingerprint density at radius 2 is 2.35 bits per heavy atom. The highest BCUT2D eigenvalue weighted by atomic mass is 79.9. The SMILES string of the molecule is Cc1ccc(OCC(O)CNCc2cncs2)c(Br)c1. The lowest BCUT2D eigenvalue weighted by atomic mass is 10.2. The highest BCUT2D eigenvalue weighted by molar-refractivity contribution is 9.10. The Bertz CT molecular complexity index is 534. The van der Waals surface area contributed by atoms with Gasteiger partial charge in [-0.25, -0.2) is 0 Å². The van der Waals surface area contributed by atoms with Gasteiger partial charge in [0, 0.05) is 24.2 Å². The van der Waals surface area contributed by atoms with Crippen LogP contribution in [0.25, 0.3) is 0 Å². The molecule has 0 saturated heterocycles. The molecule has 6 heteroatoms. The van der Waals surface area contributed by atoms with Gasteiger partial charge in [0.05, 0.1) is 9.98 Å². The van der Waals surface area contributed by atoms with Crippen LogP contribution in [0.1, 0.15) is 10.4 Å². The van der Waals surface area contributed by atoms with Crippen molar-refractivity contribution in [2.75, 3.05) is 13.2 Å². The summed E-state index contributed by atoms with van der Waals surface area (Å²) in [4.78, 5) is 5.15. The predicted octanol–water partition coefficient (Wildman–Crippen LogP) is 2.74. The van der Waals surface area contributed by atoms with Gasteiger partial charge in [-0.05, 0) is 40.5 Å². The van der Waals surface area contributed by atoms with E-state index in [1.807, 2.05) is 31.3 Å². The lowest BCUT2D eigenvalue weighted by Gasteiger charge is -2.14. The molecule has 4 nitrogen and oxygen atoms in total. The minimum absolute atomic E-state index is 0.261. The van der Waals surface area contributed by atoms with Crippen molar-refractivity contribution in [1.29, 1.82) is 0 Å². The monoisotopic (exact) mass is 356 g/mol. The maximum Gasteiger partial charge on any atom is 0.133 e. The molecule has 1 aromatic heterocycles. The lowest BCUT2D eigenvalue weighted by molar-refractivity contribution is 0.106. The highest BCUT2D eigenvalue weighted by Gasteiger charge is 2.07. The summed E-state index contributed by atoms with van der Waals surface area (Å²) in [5, 5.41) is 13.0. The fraction of sp³-hybridized carbons (Fsp3) is 0.357. The molecule has 0 aliphatic heterocycles. The zero-order valence-corrected chi connectivity index (χ0v) is 13.6. The fourth-order valence-corrected chi connectivity index (χ4v) is 2.83. The van der Waals surface area contributed by atoms with Crippen LogP contribution in [-0.2, 0) is 6.54 Å². The summed E-state index contributed by atoms with van der Waals surface area (Å²) in [5.41, 5.74) is 2.96. The van der Waals surface area contributed by atoms with Crippen molar-refractivity contribution in [1.82, 2.24) is 10.3 Å². The summed E-state index contributed by atoms with van der Waals surface area (Å²) in [5.74, 6) is 0.747. The maximum absolute atomic E-state index is 9.87. The zero-order chi connectivity index (χ0) is 14.4. The van der Waals surface area contributed by atoms with Gasteiger partial charge in [-0.1, -0.05) is 6.07 Å². The average Bonchev–Trinajstić information content (AvgIpc) is 2.91. The number of rotatable bonds is 7. The molecule has 2 rings (SSSR count). The standard InChI is InChI=1S/C14H17BrN2O2S/c1-10-2-3-14(13(15)4-10)19-8-11(18)5-16-6-12-7-17-9-20-12/h2-4,7,9,11,16,18H,5-6,8H2,1H3. The van der Waals surface area contributed by atoms with E-state index in [1.54, 1.807) is 16.8 Å². The molecule has 0 aliphatic carbocycles. The van der Waals surface area contributed by atoms with Gasteiger partial charge in [-0.2, -0.15) is 0 Å². The Morgan fingerprint density at radius 1 is 1.50 bits per heavy atom. The summed E-state index contributed by atoms with van der Waals surface area (Å²) >= 11 is 5.04. The van der Waals surface area contributed by atoms with E-state index in [9.17, 15) is 5.11 Å². The van der Waals surface area contributed by atoms with Gasteiger partial charge in [0.1, 0.15) is 18.5 Å². The smallest absolute Gasteiger partial charge is 0.133 e. The molecule has 2 aromatic rings. The summed E-state index contributed by atoms with van der Waals surface area (Å²) < 4.78 is 6.50. The van der Waals surface area contributed by atoms with Crippen molar-refractivity contribution in [2.45, 2.75) is 19.6 Å². The van der Waals surface area contributed by atoms with Gasteiger partial charge < -0.3 is 15.2 Å². The average molecular weight is 357 g/mol. The van der Waals surface area contributed by atoms with Crippen molar-refractivity contribution in [2.24, 2.45) is 0 Å². The number of thiazole rings is 1. The molecule has 0 fully saturated rings. The molecule has 0 bridgehead atoms. The first-order valence-corrected chi connectivity index (χ1v) is 7.97. The van der Waals surface area contributed by atoms with Crippen LogP contribution < -0.4 is 10.1 Å². The zero-order valence-electron chi connectivity index (χ0n) is 11.2. The van der Waals surface area contributed by atoms with E-state index in [2.05, 4.69) is 26.2 Å². The van der Waals surface area contributed by atoms with Crippen LogP contribution in [0.15, 0.2) is 34.4 Å². The summed E-state index contributed by atoms with van der Waals surface area (Å²) in [6, 6.07) is 5.87. The molecule has 0 radical (unpaired) electrons. The predicted molar refractivity (Wildman–Crippen MR) is 84.2 cm³/mol. The Hall–Kier alpha value is -0.950. The lowest BCUT2D eigenvalue weighted by Crippen LogP contribution is -2.31. The second-order valence-corrected chi connectivity index (χ2v) is 6.32. The van der Waals surface area contributed by atoms with Gasteiger partial charge in [-0.3, -0.25) is 4.98 Å². The Balaban J connectivity index is 1.70. The summed E-state index contributed by atoms with van der Waals surface area (Å²) in [6.45, 7) is 3.49. The van der Waals surface area contributed by atoms with Crippen molar-refractivity contribution < 1.29 is 9.84 Å². The summed E-state index contributed by atoms with van der Waals surface area (Å²) in [7, 11) is 0. The first-order valence-electron chi connectivity index (χ1n) is 6.30. The molecular formula is C14H17BrN2O2S. The quantitative estimate of drug-likeness (QED) is 0.800. The number of nitrogens with zero attached hydrogens (tertiary/aromatic N) is 1. The van der Waals surface area contributed by atoms with Crippen molar-refractivity contribution in [3.63, 3.8) is 0 Å². The fourth-order valence-electron chi connectivity index (χ4n) is 1.66. The van der Waals surface area contributed by atoms with E-state index in [0.717, 1.165) is 27.2 Å². The van der Waals surface area contributed by atoms with Gasteiger partial charge in [0.25, 0.3) is 0 Å². The largest absolute Gasteiger partial charge is 0.490 e. The molecule has 0 aliphatic rings. The molecule has 1 aromatic carbocycles. The number of aliphatic hydroxyl groups excluding tert-OH is 1. The van der Waals surface area contributed by atoms with Crippen molar-refractivity contribution in [3.8, 4) is 5.75 Å². The first kappa shape index (κ1) is 15.4. The highest BCUT2D eigenvalue weighted by Crippen LogP contribution is 2.25. The molecule has 20 heavy (non-hydrogen) atoms. The van der Waals surface area contributed by atoms with Crippen LogP contribution in [0, 0.1) is 6.92 Å². The number of aromatic nitrogens is 1. The number of halogens is 1. The van der Waals surface area contributed by atoms with Crippen LogP contribution in [0.5, 0.6) is 5.75 Å². The number of aryl methyl sites for hydroxylation is 1. The molecule has 1 heterocycles. The van der Waals surface area contributed by atoms with E-state index >= 15 is 0 Å². The molecule has 0 spiro atoms. The molecule has 0 amide bonds. The number of ether oxygens (including phenoxy) is 1. The van der Waals surface area contributed by atoms with Gasteiger partial charge in [-0.15, -0.1) is 11.3 Å². The van der Waals surface area contributed by atoms with E-state index in [1.165, 1.54) is 0 Å². The topological polar surface area (TPSA) is 54.4 Å². The molecule has 1 unspecified atom stereocenters. The number of hydrogen-bond donors (Lipinski definition) is 2. The minimum atomic E-state index is -0.545. The number of hydrogen-bond acceptors (Lipinski definition) is 5.